The van der Waals surface area contributed by atoms with Gasteiger partial charge in [0.2, 0.25) is 0 Å². The van der Waals surface area contributed by atoms with Crippen LogP contribution in [-0.2, 0) is 0 Å². The van der Waals surface area contributed by atoms with Crippen LogP contribution in [0.1, 0.15) is 19.3 Å². The highest BCUT2D eigenvalue weighted by atomic mass is 15.2. The van der Waals surface area contributed by atoms with Gasteiger partial charge in [-0.05, 0) is 24.7 Å². The molecule has 1 saturated carbocycles. The Labute approximate surface area is 99.2 Å². The third kappa shape index (κ3) is 2.41. The molecule has 2 unspecified atom stereocenters. The van der Waals surface area contributed by atoms with Crippen LogP contribution in [0.15, 0.2) is 0 Å². The van der Waals surface area contributed by atoms with E-state index in [4.69, 9.17) is 0 Å². The number of fused-ring (bicyclic) bond motifs is 1. The van der Waals surface area contributed by atoms with Crippen LogP contribution in [0.5, 0.6) is 0 Å². The Kier molecular flexibility index (Phi) is 3.46. The van der Waals surface area contributed by atoms with Crippen LogP contribution in [0.2, 0.25) is 0 Å². The minimum atomic E-state index is 1.06. The smallest absolute Gasteiger partial charge is 0.0110 e. The fourth-order valence-corrected chi connectivity index (χ4v) is 3.73. The number of likely N-dealkylation sites (tertiary alicyclic amines) is 1. The highest BCUT2D eigenvalue weighted by Crippen LogP contribution is 2.37. The summed E-state index contributed by atoms with van der Waals surface area (Å²) in [6.45, 7) is 10.3. The molecule has 0 aromatic rings. The van der Waals surface area contributed by atoms with Gasteiger partial charge in [0.15, 0.2) is 0 Å². The van der Waals surface area contributed by atoms with Crippen LogP contribution in [0.4, 0.5) is 0 Å². The second kappa shape index (κ2) is 5.03. The molecule has 0 radical (unpaired) electrons. The van der Waals surface area contributed by atoms with Crippen molar-refractivity contribution in [3.05, 3.63) is 0 Å². The lowest BCUT2D eigenvalue weighted by Crippen LogP contribution is -2.46. The third-order valence-electron chi connectivity index (χ3n) is 4.74. The van der Waals surface area contributed by atoms with Crippen molar-refractivity contribution in [3.63, 3.8) is 0 Å². The van der Waals surface area contributed by atoms with Gasteiger partial charge < -0.3 is 10.2 Å². The Morgan fingerprint density at radius 2 is 1.50 bits per heavy atom. The van der Waals surface area contributed by atoms with E-state index in [1.54, 1.807) is 0 Å². The molecule has 2 aliphatic heterocycles. The van der Waals surface area contributed by atoms with E-state index >= 15 is 0 Å². The van der Waals surface area contributed by atoms with Crippen molar-refractivity contribution in [2.24, 2.45) is 11.8 Å². The molecule has 1 N–H and O–H groups in total. The number of rotatable bonds is 3. The van der Waals surface area contributed by atoms with E-state index in [9.17, 15) is 0 Å². The first-order chi connectivity index (χ1) is 7.92. The van der Waals surface area contributed by atoms with Crippen molar-refractivity contribution in [1.29, 1.82) is 0 Å². The quantitative estimate of drug-likeness (QED) is 0.757. The second-order valence-corrected chi connectivity index (χ2v) is 5.80. The standard InChI is InChI=1S/C13H25N3/c1-2-12-10-16(11-13(12)3-1)9-8-15-6-4-14-5-7-15/h12-14H,1-11H2. The summed E-state index contributed by atoms with van der Waals surface area (Å²) in [5.74, 6) is 2.12. The molecule has 16 heavy (non-hydrogen) atoms. The Hall–Kier alpha value is -0.120. The lowest BCUT2D eigenvalue weighted by atomic mass is 10.0. The Morgan fingerprint density at radius 1 is 0.875 bits per heavy atom. The van der Waals surface area contributed by atoms with E-state index in [0.717, 1.165) is 11.8 Å². The van der Waals surface area contributed by atoms with E-state index in [-0.39, 0.29) is 0 Å². The van der Waals surface area contributed by atoms with Crippen LogP contribution in [-0.4, -0.2) is 62.2 Å². The molecular weight excluding hydrogens is 198 g/mol. The van der Waals surface area contributed by atoms with Crippen molar-refractivity contribution >= 4 is 0 Å². The maximum atomic E-state index is 3.42. The molecule has 0 amide bonds. The Morgan fingerprint density at radius 3 is 2.19 bits per heavy atom. The van der Waals surface area contributed by atoms with Gasteiger partial charge >= 0.3 is 0 Å². The fourth-order valence-electron chi connectivity index (χ4n) is 3.73. The molecule has 0 aromatic heterocycles. The maximum Gasteiger partial charge on any atom is 0.0110 e. The van der Waals surface area contributed by atoms with Crippen LogP contribution in [0.25, 0.3) is 0 Å². The molecule has 3 nitrogen and oxygen atoms in total. The lowest BCUT2D eigenvalue weighted by Gasteiger charge is -2.29. The second-order valence-electron chi connectivity index (χ2n) is 5.80. The third-order valence-corrected chi connectivity index (χ3v) is 4.74. The summed E-state index contributed by atoms with van der Waals surface area (Å²) >= 11 is 0. The molecule has 0 spiro atoms. The maximum absolute atomic E-state index is 3.42. The monoisotopic (exact) mass is 223 g/mol. The summed E-state index contributed by atoms with van der Waals surface area (Å²) in [7, 11) is 0. The van der Waals surface area contributed by atoms with Gasteiger partial charge in [-0.25, -0.2) is 0 Å². The summed E-state index contributed by atoms with van der Waals surface area (Å²) < 4.78 is 0. The minimum Gasteiger partial charge on any atom is -0.314 e. The van der Waals surface area contributed by atoms with Crippen molar-refractivity contribution in [2.45, 2.75) is 19.3 Å². The summed E-state index contributed by atoms with van der Waals surface area (Å²) in [4.78, 5) is 5.33. The van der Waals surface area contributed by atoms with Gasteiger partial charge in [-0.3, -0.25) is 4.90 Å². The zero-order valence-electron chi connectivity index (χ0n) is 10.3. The molecule has 3 aliphatic rings. The topological polar surface area (TPSA) is 18.5 Å². The van der Waals surface area contributed by atoms with Gasteiger partial charge in [-0.1, -0.05) is 6.42 Å². The van der Waals surface area contributed by atoms with Crippen molar-refractivity contribution in [1.82, 2.24) is 15.1 Å². The number of nitrogens with zero attached hydrogens (tertiary/aromatic N) is 2. The molecule has 1 aliphatic carbocycles. The first-order valence-corrected chi connectivity index (χ1v) is 7.07. The van der Waals surface area contributed by atoms with Gasteiger partial charge in [-0.2, -0.15) is 0 Å². The summed E-state index contributed by atoms with van der Waals surface area (Å²) in [5.41, 5.74) is 0. The molecular formula is C13H25N3. The van der Waals surface area contributed by atoms with Gasteiger partial charge in [0.1, 0.15) is 0 Å². The van der Waals surface area contributed by atoms with Crippen molar-refractivity contribution < 1.29 is 0 Å². The molecule has 2 heterocycles. The van der Waals surface area contributed by atoms with E-state index in [2.05, 4.69) is 15.1 Å². The molecule has 3 rings (SSSR count). The van der Waals surface area contributed by atoms with Gasteiger partial charge in [0.25, 0.3) is 0 Å². The first kappa shape index (κ1) is 11.0. The lowest BCUT2D eigenvalue weighted by molar-refractivity contribution is 0.199. The fraction of sp³-hybridized carbons (Fsp3) is 1.00. The highest BCUT2D eigenvalue weighted by Gasteiger charge is 2.35. The molecule has 2 saturated heterocycles. The van der Waals surface area contributed by atoms with Gasteiger partial charge in [0.05, 0.1) is 0 Å². The number of hydrogen-bond acceptors (Lipinski definition) is 3. The van der Waals surface area contributed by atoms with Crippen molar-refractivity contribution in [2.75, 3.05) is 52.4 Å². The van der Waals surface area contributed by atoms with Crippen molar-refractivity contribution in [3.8, 4) is 0 Å². The Bertz CT molecular complexity index is 213. The summed E-state index contributed by atoms with van der Waals surface area (Å²) in [5, 5.41) is 3.42. The van der Waals surface area contributed by atoms with E-state index < -0.39 is 0 Å². The summed E-state index contributed by atoms with van der Waals surface area (Å²) in [6.07, 6.45) is 4.52. The average molecular weight is 223 g/mol. The predicted octanol–water partition coefficient (Wildman–Crippen LogP) is 0.624. The first-order valence-electron chi connectivity index (χ1n) is 7.07. The van der Waals surface area contributed by atoms with E-state index in [1.165, 1.54) is 71.6 Å². The summed E-state index contributed by atoms with van der Waals surface area (Å²) in [6, 6.07) is 0. The van der Waals surface area contributed by atoms with Crippen LogP contribution in [0, 0.1) is 11.8 Å². The molecule has 0 aromatic carbocycles. The van der Waals surface area contributed by atoms with Crippen LogP contribution in [0.3, 0.4) is 0 Å². The van der Waals surface area contributed by atoms with E-state index in [1.807, 2.05) is 0 Å². The largest absolute Gasteiger partial charge is 0.314 e. The SMILES string of the molecule is C1CC2CN(CCN3CCNCC3)CC2C1. The Balaban J connectivity index is 1.39. The predicted molar refractivity (Wildman–Crippen MR) is 66.6 cm³/mol. The number of hydrogen-bond donors (Lipinski definition) is 1. The molecule has 3 fully saturated rings. The molecule has 3 heteroatoms. The van der Waals surface area contributed by atoms with E-state index in [0.29, 0.717) is 0 Å². The van der Waals surface area contributed by atoms with Crippen LogP contribution >= 0.6 is 0 Å². The molecule has 92 valence electrons. The zero-order valence-corrected chi connectivity index (χ0v) is 10.3. The number of nitrogens with one attached hydrogen (secondary N) is 1. The van der Waals surface area contributed by atoms with Gasteiger partial charge in [-0.15, -0.1) is 0 Å². The molecule has 2 atom stereocenters. The molecule has 0 bridgehead atoms. The van der Waals surface area contributed by atoms with Gasteiger partial charge in [0, 0.05) is 52.4 Å². The number of piperazine rings is 1. The average Bonchev–Trinajstić information content (AvgIpc) is 2.88. The normalized spacial score (nSPS) is 36.8. The zero-order chi connectivity index (χ0) is 10.8. The minimum absolute atomic E-state index is 1.06. The highest BCUT2D eigenvalue weighted by molar-refractivity contribution is 4.88. The van der Waals surface area contributed by atoms with Crippen LogP contribution < -0.4 is 5.32 Å².